The Morgan fingerprint density at radius 1 is 1.33 bits per heavy atom. The van der Waals surface area contributed by atoms with Crippen LogP contribution in [0.2, 0.25) is 0 Å². The van der Waals surface area contributed by atoms with E-state index in [-0.39, 0.29) is 24.7 Å². The molecule has 0 saturated heterocycles. The summed E-state index contributed by atoms with van der Waals surface area (Å²) in [6, 6.07) is 3.51. The molecule has 1 aliphatic rings. The molecule has 0 bridgehead atoms. The van der Waals surface area contributed by atoms with Gasteiger partial charge in [-0.2, -0.15) is 0 Å². The minimum absolute atomic E-state index is 0. The highest BCUT2D eigenvalue weighted by Gasteiger charge is 2.16. The smallest absolute Gasteiger partial charge is 0.232 e. The maximum absolute atomic E-state index is 12.0. The van der Waals surface area contributed by atoms with Crippen LogP contribution in [0.4, 0.5) is 10.8 Å². The molecule has 0 spiro atoms. The topological polar surface area (TPSA) is 80.9 Å². The number of amides is 1. The highest BCUT2D eigenvalue weighted by molar-refractivity contribution is 7.15. The average molecular weight is 325 g/mol. The fraction of sp³-hybridized carbons (Fsp3) is 0.357. The number of carbonyl (C=O) groups is 1. The van der Waals surface area contributed by atoms with Gasteiger partial charge in [0.2, 0.25) is 5.91 Å². The molecule has 3 N–H and O–H groups in total. The molecule has 7 heteroatoms. The lowest BCUT2D eigenvalue weighted by atomic mass is 10.0. The molecule has 5 nitrogen and oxygen atoms in total. The molecule has 0 atom stereocenters. The summed E-state index contributed by atoms with van der Waals surface area (Å²) in [7, 11) is 0. The van der Waals surface area contributed by atoms with Crippen molar-refractivity contribution in [3.8, 4) is 0 Å². The standard InChI is InChI=1S/C14H16N4OS.ClH/c15-9-5-6-10(16-8-9)7-13(19)18-14-17-11-3-1-2-4-12(11)20-14;/h5-6,8H,1-4,7,15H2,(H,17,18,19);1H. The van der Waals surface area contributed by atoms with Crippen molar-refractivity contribution in [3.05, 3.63) is 34.6 Å². The zero-order chi connectivity index (χ0) is 13.9. The molecule has 0 aliphatic heterocycles. The molecular weight excluding hydrogens is 308 g/mol. The molecule has 1 amide bonds. The molecule has 0 unspecified atom stereocenters. The monoisotopic (exact) mass is 324 g/mol. The van der Waals surface area contributed by atoms with E-state index in [1.807, 2.05) is 0 Å². The van der Waals surface area contributed by atoms with E-state index in [2.05, 4.69) is 15.3 Å². The van der Waals surface area contributed by atoms with Crippen LogP contribution in [0.5, 0.6) is 0 Å². The van der Waals surface area contributed by atoms with Crippen molar-refractivity contribution in [2.24, 2.45) is 0 Å². The Morgan fingerprint density at radius 2 is 2.14 bits per heavy atom. The van der Waals surface area contributed by atoms with Crippen molar-refractivity contribution in [1.82, 2.24) is 9.97 Å². The zero-order valence-electron chi connectivity index (χ0n) is 11.5. The van der Waals surface area contributed by atoms with Crippen LogP contribution in [0, 0.1) is 0 Å². The van der Waals surface area contributed by atoms with E-state index in [1.165, 1.54) is 17.7 Å². The Kier molecular flexibility index (Phi) is 5.14. The first-order chi connectivity index (χ1) is 9.70. The molecule has 2 aromatic rings. The summed E-state index contributed by atoms with van der Waals surface area (Å²) in [5, 5.41) is 3.57. The number of hydrogen-bond acceptors (Lipinski definition) is 5. The number of fused-ring (bicyclic) bond motifs is 1. The third kappa shape index (κ3) is 3.92. The number of nitrogens with one attached hydrogen (secondary N) is 1. The number of nitrogens with two attached hydrogens (primary N) is 1. The second-order valence-corrected chi connectivity index (χ2v) is 5.99. The number of nitrogens with zero attached hydrogens (tertiary/aromatic N) is 2. The van der Waals surface area contributed by atoms with E-state index in [0.717, 1.165) is 18.5 Å². The SMILES string of the molecule is Cl.Nc1ccc(CC(=O)Nc2nc3c(s2)CCCC3)nc1. The summed E-state index contributed by atoms with van der Waals surface area (Å²) < 4.78 is 0. The van der Waals surface area contributed by atoms with Crippen LogP contribution in [0.3, 0.4) is 0 Å². The average Bonchev–Trinajstić information content (AvgIpc) is 2.83. The molecule has 2 aromatic heterocycles. The van der Waals surface area contributed by atoms with Crippen LogP contribution < -0.4 is 11.1 Å². The third-order valence-corrected chi connectivity index (χ3v) is 4.35. The summed E-state index contributed by atoms with van der Waals surface area (Å²) in [6.07, 6.45) is 6.33. The molecule has 0 saturated carbocycles. The molecule has 0 aromatic carbocycles. The number of thiazole rings is 1. The van der Waals surface area contributed by atoms with E-state index in [4.69, 9.17) is 5.73 Å². The highest BCUT2D eigenvalue weighted by atomic mass is 35.5. The first kappa shape index (κ1) is 15.7. The normalized spacial score (nSPS) is 13.1. The number of anilines is 2. The number of aryl methyl sites for hydroxylation is 2. The second kappa shape index (κ2) is 6.87. The second-order valence-electron chi connectivity index (χ2n) is 4.90. The van der Waals surface area contributed by atoms with Crippen LogP contribution in [-0.4, -0.2) is 15.9 Å². The van der Waals surface area contributed by atoms with Gasteiger partial charge in [0, 0.05) is 10.6 Å². The fourth-order valence-electron chi connectivity index (χ4n) is 2.27. The first-order valence-electron chi connectivity index (χ1n) is 6.69. The first-order valence-corrected chi connectivity index (χ1v) is 7.51. The molecule has 2 heterocycles. The Balaban J connectivity index is 0.00000161. The van der Waals surface area contributed by atoms with Gasteiger partial charge in [-0.05, 0) is 37.8 Å². The Morgan fingerprint density at radius 3 is 2.86 bits per heavy atom. The summed E-state index contributed by atoms with van der Waals surface area (Å²) in [5.74, 6) is -0.0895. The van der Waals surface area contributed by atoms with Gasteiger partial charge < -0.3 is 11.1 Å². The molecular formula is C14H17ClN4OS. The van der Waals surface area contributed by atoms with Crippen molar-refractivity contribution in [1.29, 1.82) is 0 Å². The highest BCUT2D eigenvalue weighted by Crippen LogP contribution is 2.29. The van der Waals surface area contributed by atoms with E-state index in [1.54, 1.807) is 29.7 Å². The third-order valence-electron chi connectivity index (χ3n) is 3.28. The number of hydrogen-bond donors (Lipinski definition) is 2. The van der Waals surface area contributed by atoms with Crippen LogP contribution in [0.1, 0.15) is 29.1 Å². The van der Waals surface area contributed by atoms with Gasteiger partial charge in [0.1, 0.15) is 0 Å². The predicted molar refractivity (Wildman–Crippen MR) is 87.0 cm³/mol. The minimum Gasteiger partial charge on any atom is -0.397 e. The molecule has 21 heavy (non-hydrogen) atoms. The quantitative estimate of drug-likeness (QED) is 0.909. The lowest BCUT2D eigenvalue weighted by Crippen LogP contribution is -2.15. The minimum atomic E-state index is -0.0895. The Bertz CT molecular complexity index is 603. The van der Waals surface area contributed by atoms with Crippen molar-refractivity contribution >= 4 is 40.5 Å². The van der Waals surface area contributed by atoms with Gasteiger partial charge in [0.15, 0.2) is 5.13 Å². The van der Waals surface area contributed by atoms with Crippen LogP contribution in [0.15, 0.2) is 18.3 Å². The van der Waals surface area contributed by atoms with Gasteiger partial charge in [-0.25, -0.2) is 4.98 Å². The largest absolute Gasteiger partial charge is 0.397 e. The van der Waals surface area contributed by atoms with Gasteiger partial charge in [-0.1, -0.05) is 0 Å². The summed E-state index contributed by atoms with van der Waals surface area (Å²) >= 11 is 1.59. The summed E-state index contributed by atoms with van der Waals surface area (Å²) in [5.41, 5.74) is 8.03. The molecule has 112 valence electrons. The van der Waals surface area contributed by atoms with Crippen molar-refractivity contribution in [3.63, 3.8) is 0 Å². The maximum atomic E-state index is 12.0. The fourth-order valence-corrected chi connectivity index (χ4v) is 3.34. The molecule has 3 rings (SSSR count). The number of aromatic nitrogens is 2. The van der Waals surface area contributed by atoms with Crippen molar-refractivity contribution in [2.45, 2.75) is 32.1 Å². The predicted octanol–water partition coefficient (Wildman–Crippen LogP) is 2.60. The van der Waals surface area contributed by atoms with Gasteiger partial charge in [-0.3, -0.25) is 9.78 Å². The number of carbonyl (C=O) groups excluding carboxylic acids is 1. The number of rotatable bonds is 3. The Labute approximate surface area is 133 Å². The Hall–Kier alpha value is -1.66. The van der Waals surface area contributed by atoms with Crippen molar-refractivity contribution in [2.75, 3.05) is 11.1 Å². The zero-order valence-corrected chi connectivity index (χ0v) is 13.1. The van der Waals surface area contributed by atoms with E-state index in [0.29, 0.717) is 16.5 Å². The molecule has 0 fully saturated rings. The van der Waals surface area contributed by atoms with Gasteiger partial charge >= 0.3 is 0 Å². The van der Waals surface area contributed by atoms with Gasteiger partial charge in [0.25, 0.3) is 0 Å². The molecule has 0 radical (unpaired) electrons. The lowest BCUT2D eigenvalue weighted by molar-refractivity contribution is -0.115. The van der Waals surface area contributed by atoms with Crippen LogP contribution >= 0.6 is 23.7 Å². The summed E-state index contributed by atoms with van der Waals surface area (Å²) in [6.45, 7) is 0. The van der Waals surface area contributed by atoms with E-state index < -0.39 is 0 Å². The van der Waals surface area contributed by atoms with Crippen LogP contribution in [0.25, 0.3) is 0 Å². The maximum Gasteiger partial charge on any atom is 0.232 e. The summed E-state index contributed by atoms with van der Waals surface area (Å²) in [4.78, 5) is 21.9. The van der Waals surface area contributed by atoms with Crippen LogP contribution in [-0.2, 0) is 24.1 Å². The van der Waals surface area contributed by atoms with Gasteiger partial charge in [-0.15, -0.1) is 23.7 Å². The molecule has 1 aliphatic carbocycles. The van der Waals surface area contributed by atoms with E-state index in [9.17, 15) is 4.79 Å². The van der Waals surface area contributed by atoms with E-state index >= 15 is 0 Å². The number of nitrogen functional groups attached to an aromatic ring is 1. The lowest BCUT2D eigenvalue weighted by Gasteiger charge is -2.06. The number of pyridine rings is 1. The number of halogens is 1. The van der Waals surface area contributed by atoms with Crippen molar-refractivity contribution < 1.29 is 4.79 Å². The van der Waals surface area contributed by atoms with Gasteiger partial charge in [0.05, 0.1) is 24.0 Å².